The highest BCUT2D eigenvalue weighted by molar-refractivity contribution is 6.32. The summed E-state index contributed by atoms with van der Waals surface area (Å²) >= 11 is 11.5. The quantitative estimate of drug-likeness (QED) is 0.670. The van der Waals surface area contributed by atoms with Gasteiger partial charge in [0.2, 0.25) is 5.28 Å². The van der Waals surface area contributed by atoms with Crippen LogP contribution in [0.1, 0.15) is 17.3 Å². The molecule has 2 rings (SSSR count). The van der Waals surface area contributed by atoms with Crippen molar-refractivity contribution in [2.24, 2.45) is 0 Å². The molecule has 1 aromatic carbocycles. The lowest BCUT2D eigenvalue weighted by Crippen LogP contribution is -2.15. The number of rotatable bonds is 4. The Labute approximate surface area is 126 Å². The van der Waals surface area contributed by atoms with Crippen molar-refractivity contribution in [3.05, 3.63) is 46.3 Å². The second kappa shape index (κ2) is 6.54. The van der Waals surface area contributed by atoms with Crippen molar-refractivity contribution in [2.45, 2.75) is 6.92 Å². The van der Waals surface area contributed by atoms with E-state index in [4.69, 9.17) is 23.2 Å². The van der Waals surface area contributed by atoms with E-state index in [0.29, 0.717) is 5.56 Å². The van der Waals surface area contributed by atoms with Crippen LogP contribution in [0.25, 0.3) is 0 Å². The molecular weight excluding hydrogens is 299 g/mol. The van der Waals surface area contributed by atoms with Crippen molar-refractivity contribution in [3.63, 3.8) is 0 Å². The maximum atomic E-state index is 12.2. The van der Waals surface area contributed by atoms with E-state index in [1.54, 1.807) is 12.1 Å². The summed E-state index contributed by atoms with van der Waals surface area (Å²) in [5.74, 6) is -0.0429. The van der Waals surface area contributed by atoms with Crippen LogP contribution in [-0.2, 0) is 0 Å². The number of nitrogens with one attached hydrogen (secondary N) is 2. The van der Waals surface area contributed by atoms with Gasteiger partial charge in [0.1, 0.15) is 11.0 Å². The van der Waals surface area contributed by atoms with Crippen LogP contribution in [0.2, 0.25) is 10.4 Å². The predicted octanol–water partition coefficient (Wildman–Crippen LogP) is 3.47. The van der Waals surface area contributed by atoms with E-state index in [2.05, 4.69) is 20.6 Å². The summed E-state index contributed by atoms with van der Waals surface area (Å²) in [5, 5.41) is 5.91. The molecular formula is C13H12Cl2N4O. The number of carbonyl (C=O) groups excluding carboxylic acids is 1. The molecule has 0 saturated heterocycles. The first kappa shape index (κ1) is 14.6. The number of anilines is 2. The molecule has 20 heavy (non-hydrogen) atoms. The van der Waals surface area contributed by atoms with Crippen LogP contribution >= 0.6 is 23.2 Å². The number of carbonyl (C=O) groups is 1. The Bertz CT molecular complexity index is 613. The highest BCUT2D eigenvalue weighted by Gasteiger charge is 2.12. The first-order valence-corrected chi connectivity index (χ1v) is 6.70. The monoisotopic (exact) mass is 310 g/mol. The van der Waals surface area contributed by atoms with Crippen LogP contribution in [0.4, 0.5) is 11.5 Å². The Morgan fingerprint density at radius 3 is 2.70 bits per heavy atom. The molecule has 0 aliphatic rings. The molecule has 1 heterocycles. The molecule has 0 bridgehead atoms. The Morgan fingerprint density at radius 1 is 1.25 bits per heavy atom. The lowest BCUT2D eigenvalue weighted by atomic mass is 10.1. The molecule has 0 saturated carbocycles. The zero-order valence-corrected chi connectivity index (χ0v) is 12.2. The normalized spacial score (nSPS) is 10.2. The molecule has 5 nitrogen and oxygen atoms in total. The predicted molar refractivity (Wildman–Crippen MR) is 80.6 cm³/mol. The van der Waals surface area contributed by atoms with E-state index < -0.39 is 0 Å². The Balaban J connectivity index is 2.23. The minimum atomic E-state index is -0.299. The molecule has 1 amide bonds. The van der Waals surface area contributed by atoms with Gasteiger partial charge < -0.3 is 10.6 Å². The molecule has 2 aromatic rings. The molecule has 0 atom stereocenters. The third-order valence-corrected chi connectivity index (χ3v) is 2.81. The maximum absolute atomic E-state index is 12.2. The van der Waals surface area contributed by atoms with Crippen LogP contribution in [0, 0.1) is 0 Å². The van der Waals surface area contributed by atoms with Gasteiger partial charge in [0.05, 0.1) is 5.56 Å². The van der Waals surface area contributed by atoms with Gasteiger partial charge in [-0.2, -0.15) is 0 Å². The number of amides is 1. The van der Waals surface area contributed by atoms with Crippen LogP contribution < -0.4 is 10.6 Å². The van der Waals surface area contributed by atoms with Crippen molar-refractivity contribution >= 4 is 40.6 Å². The standard InChI is InChI=1S/C13H12Cl2N4O/c1-2-16-9-6-4-3-5-8(9)12(20)18-11-7-10(14)17-13(15)19-11/h3-7,16H,2H2,1H3,(H,17,18,19,20). The topological polar surface area (TPSA) is 66.9 Å². The summed E-state index contributed by atoms with van der Waals surface area (Å²) in [5.41, 5.74) is 1.26. The summed E-state index contributed by atoms with van der Waals surface area (Å²) in [6.07, 6.45) is 0. The first-order chi connectivity index (χ1) is 9.60. The number of hydrogen-bond donors (Lipinski definition) is 2. The largest absolute Gasteiger partial charge is 0.385 e. The van der Waals surface area contributed by atoms with Crippen LogP contribution in [0.15, 0.2) is 30.3 Å². The van der Waals surface area contributed by atoms with Gasteiger partial charge >= 0.3 is 0 Å². The summed E-state index contributed by atoms with van der Waals surface area (Å²) in [4.78, 5) is 19.8. The Hall–Kier alpha value is -1.85. The fraction of sp³-hybridized carbons (Fsp3) is 0.154. The highest BCUT2D eigenvalue weighted by atomic mass is 35.5. The average Bonchev–Trinajstić information content (AvgIpc) is 2.38. The van der Waals surface area contributed by atoms with E-state index in [0.717, 1.165) is 12.2 Å². The zero-order valence-electron chi connectivity index (χ0n) is 10.7. The van der Waals surface area contributed by atoms with Crippen molar-refractivity contribution in [2.75, 3.05) is 17.2 Å². The summed E-state index contributed by atoms with van der Waals surface area (Å²) in [6, 6.07) is 8.63. The number of para-hydroxylation sites is 1. The maximum Gasteiger partial charge on any atom is 0.258 e. The fourth-order valence-electron chi connectivity index (χ4n) is 1.66. The van der Waals surface area contributed by atoms with Gasteiger partial charge in [0, 0.05) is 18.3 Å². The Morgan fingerprint density at radius 2 is 2.00 bits per heavy atom. The molecule has 7 heteroatoms. The second-order valence-corrected chi connectivity index (χ2v) is 4.60. The highest BCUT2D eigenvalue weighted by Crippen LogP contribution is 2.18. The molecule has 0 radical (unpaired) electrons. The average molecular weight is 311 g/mol. The molecule has 0 fully saturated rings. The molecule has 1 aromatic heterocycles. The van der Waals surface area contributed by atoms with Crippen molar-refractivity contribution in [3.8, 4) is 0 Å². The fourth-order valence-corrected chi connectivity index (χ4v) is 2.07. The minimum Gasteiger partial charge on any atom is -0.385 e. The van der Waals surface area contributed by atoms with Gasteiger partial charge in [-0.3, -0.25) is 4.79 Å². The lowest BCUT2D eigenvalue weighted by molar-refractivity contribution is 0.102. The number of aromatic nitrogens is 2. The van der Waals surface area contributed by atoms with E-state index in [9.17, 15) is 4.79 Å². The summed E-state index contributed by atoms with van der Waals surface area (Å²) in [7, 11) is 0. The minimum absolute atomic E-state index is 0.0206. The van der Waals surface area contributed by atoms with Crippen molar-refractivity contribution in [1.82, 2.24) is 9.97 Å². The van der Waals surface area contributed by atoms with Crippen LogP contribution in [-0.4, -0.2) is 22.4 Å². The zero-order chi connectivity index (χ0) is 14.5. The number of benzene rings is 1. The van der Waals surface area contributed by atoms with Gasteiger partial charge in [0.15, 0.2) is 0 Å². The van der Waals surface area contributed by atoms with Gasteiger partial charge in [-0.25, -0.2) is 9.97 Å². The molecule has 2 N–H and O–H groups in total. The number of halogens is 2. The van der Waals surface area contributed by atoms with Gasteiger partial charge in [-0.1, -0.05) is 23.7 Å². The summed E-state index contributed by atoms with van der Waals surface area (Å²) < 4.78 is 0. The van der Waals surface area contributed by atoms with E-state index in [1.165, 1.54) is 6.07 Å². The van der Waals surface area contributed by atoms with E-state index in [1.807, 2.05) is 19.1 Å². The Kier molecular flexibility index (Phi) is 4.76. The van der Waals surface area contributed by atoms with Crippen LogP contribution in [0.5, 0.6) is 0 Å². The molecule has 0 spiro atoms. The van der Waals surface area contributed by atoms with Gasteiger partial charge in [-0.15, -0.1) is 0 Å². The lowest BCUT2D eigenvalue weighted by Gasteiger charge is -2.10. The van der Waals surface area contributed by atoms with Crippen molar-refractivity contribution < 1.29 is 4.79 Å². The summed E-state index contributed by atoms with van der Waals surface area (Å²) in [6.45, 7) is 2.67. The van der Waals surface area contributed by atoms with E-state index in [-0.39, 0.29) is 22.2 Å². The van der Waals surface area contributed by atoms with Crippen LogP contribution in [0.3, 0.4) is 0 Å². The molecule has 0 unspecified atom stereocenters. The third-order valence-electron chi connectivity index (χ3n) is 2.45. The number of hydrogen-bond acceptors (Lipinski definition) is 4. The molecule has 0 aliphatic heterocycles. The number of nitrogens with zero attached hydrogens (tertiary/aromatic N) is 2. The van der Waals surface area contributed by atoms with Gasteiger partial charge in [0.25, 0.3) is 5.91 Å². The van der Waals surface area contributed by atoms with E-state index >= 15 is 0 Å². The molecule has 0 aliphatic carbocycles. The smallest absolute Gasteiger partial charge is 0.258 e. The van der Waals surface area contributed by atoms with Crippen molar-refractivity contribution in [1.29, 1.82) is 0 Å². The SMILES string of the molecule is CCNc1ccccc1C(=O)Nc1cc(Cl)nc(Cl)n1. The third kappa shape index (κ3) is 3.59. The van der Waals surface area contributed by atoms with Gasteiger partial charge in [-0.05, 0) is 30.7 Å². The molecule has 104 valence electrons. The first-order valence-electron chi connectivity index (χ1n) is 5.94. The second-order valence-electron chi connectivity index (χ2n) is 3.87.